The van der Waals surface area contributed by atoms with E-state index in [2.05, 4.69) is 5.32 Å². The van der Waals surface area contributed by atoms with Crippen molar-refractivity contribution in [3.8, 4) is 11.5 Å². The number of nitrogens with one attached hydrogen (secondary N) is 1. The summed E-state index contributed by atoms with van der Waals surface area (Å²) in [5.41, 5.74) is 3.50. The van der Waals surface area contributed by atoms with Gasteiger partial charge in [-0.05, 0) is 51.0 Å². The molecule has 2 aromatic rings. The van der Waals surface area contributed by atoms with Crippen LogP contribution in [-0.4, -0.2) is 40.8 Å². The van der Waals surface area contributed by atoms with E-state index in [0.29, 0.717) is 17.2 Å². The SMILES string of the molecule is COc1ccc(N([C@@H](C)C(=O)N[C@H](C)c2ccc(C)cc2C)S(C)(=O)=O)cc1OC. The predicted molar refractivity (Wildman–Crippen MR) is 119 cm³/mol. The molecule has 0 radical (unpaired) electrons. The summed E-state index contributed by atoms with van der Waals surface area (Å²) in [5.74, 6) is 0.442. The number of ether oxygens (including phenoxy) is 2. The number of methoxy groups -OCH3 is 2. The number of anilines is 1. The van der Waals surface area contributed by atoms with Gasteiger partial charge in [-0.25, -0.2) is 8.42 Å². The highest BCUT2D eigenvalue weighted by Gasteiger charge is 2.30. The van der Waals surface area contributed by atoms with E-state index in [-0.39, 0.29) is 6.04 Å². The molecule has 1 N–H and O–H groups in total. The zero-order valence-electron chi connectivity index (χ0n) is 18.5. The van der Waals surface area contributed by atoms with Gasteiger partial charge < -0.3 is 14.8 Å². The Labute approximate surface area is 179 Å². The third-order valence-electron chi connectivity index (χ3n) is 4.96. The summed E-state index contributed by atoms with van der Waals surface area (Å²) in [6.07, 6.45) is 1.07. The minimum absolute atomic E-state index is 0.271. The number of aryl methyl sites for hydroxylation is 2. The standard InChI is InChI=1S/C22H30N2O5S/c1-14-8-10-19(15(2)12-14)16(3)23-22(25)17(4)24(30(7,26)27)18-9-11-20(28-5)21(13-18)29-6/h8-13,16-17H,1-7H3,(H,23,25)/t16-,17+/m1/s1. The van der Waals surface area contributed by atoms with Gasteiger partial charge in [0.05, 0.1) is 32.2 Å². The summed E-state index contributed by atoms with van der Waals surface area (Å²) in [4.78, 5) is 13.0. The van der Waals surface area contributed by atoms with Crippen LogP contribution < -0.4 is 19.1 Å². The summed E-state index contributed by atoms with van der Waals surface area (Å²) in [5, 5.41) is 2.93. The van der Waals surface area contributed by atoms with Crippen molar-refractivity contribution >= 4 is 21.6 Å². The Balaban J connectivity index is 2.33. The molecule has 0 saturated carbocycles. The number of sulfonamides is 1. The van der Waals surface area contributed by atoms with Gasteiger partial charge >= 0.3 is 0 Å². The maximum Gasteiger partial charge on any atom is 0.244 e. The lowest BCUT2D eigenvalue weighted by molar-refractivity contribution is -0.122. The monoisotopic (exact) mass is 434 g/mol. The van der Waals surface area contributed by atoms with E-state index >= 15 is 0 Å². The van der Waals surface area contributed by atoms with Crippen LogP contribution in [0.2, 0.25) is 0 Å². The zero-order valence-corrected chi connectivity index (χ0v) is 19.3. The maximum absolute atomic E-state index is 13.0. The average Bonchev–Trinajstić information content (AvgIpc) is 2.66. The fourth-order valence-electron chi connectivity index (χ4n) is 3.49. The van der Waals surface area contributed by atoms with Crippen molar-refractivity contribution in [3.05, 3.63) is 53.1 Å². The molecule has 164 valence electrons. The summed E-state index contributed by atoms with van der Waals surface area (Å²) in [6, 6.07) is 9.50. The number of carbonyl (C=O) groups is 1. The van der Waals surface area contributed by atoms with E-state index in [1.807, 2.05) is 39.0 Å². The molecule has 0 unspecified atom stereocenters. The number of carbonyl (C=O) groups excluding carboxylic acids is 1. The number of hydrogen-bond donors (Lipinski definition) is 1. The quantitative estimate of drug-likeness (QED) is 0.689. The predicted octanol–water partition coefficient (Wildman–Crippen LogP) is 3.35. The third kappa shape index (κ3) is 5.24. The minimum Gasteiger partial charge on any atom is -0.493 e. The first-order chi connectivity index (χ1) is 14.0. The van der Waals surface area contributed by atoms with Crippen LogP contribution in [-0.2, 0) is 14.8 Å². The number of nitrogens with zero attached hydrogens (tertiary/aromatic N) is 1. The molecule has 0 saturated heterocycles. The highest BCUT2D eigenvalue weighted by atomic mass is 32.2. The summed E-state index contributed by atoms with van der Waals surface area (Å²) in [6.45, 7) is 7.43. The lowest BCUT2D eigenvalue weighted by Crippen LogP contribution is -2.48. The Morgan fingerprint density at radius 2 is 1.63 bits per heavy atom. The van der Waals surface area contributed by atoms with E-state index in [1.54, 1.807) is 19.1 Å². The average molecular weight is 435 g/mol. The lowest BCUT2D eigenvalue weighted by atomic mass is 10.00. The molecule has 0 aromatic heterocycles. The number of hydrogen-bond acceptors (Lipinski definition) is 5. The summed E-state index contributed by atoms with van der Waals surface area (Å²) < 4.78 is 36.7. The van der Waals surface area contributed by atoms with E-state index in [1.165, 1.54) is 20.3 Å². The smallest absolute Gasteiger partial charge is 0.244 e. The van der Waals surface area contributed by atoms with Gasteiger partial charge in [0, 0.05) is 6.07 Å². The van der Waals surface area contributed by atoms with Crippen molar-refractivity contribution in [1.82, 2.24) is 5.32 Å². The van der Waals surface area contributed by atoms with Gasteiger partial charge in [-0.1, -0.05) is 23.8 Å². The third-order valence-corrected chi connectivity index (χ3v) is 6.20. The first-order valence-electron chi connectivity index (χ1n) is 9.58. The van der Waals surface area contributed by atoms with E-state index in [0.717, 1.165) is 27.3 Å². The second kappa shape index (κ2) is 9.38. The molecule has 0 heterocycles. The van der Waals surface area contributed by atoms with Crippen LogP contribution in [0.25, 0.3) is 0 Å². The first kappa shape index (κ1) is 23.5. The summed E-state index contributed by atoms with van der Waals surface area (Å²) in [7, 11) is -0.782. The molecular formula is C22H30N2O5S. The van der Waals surface area contributed by atoms with E-state index in [4.69, 9.17) is 9.47 Å². The van der Waals surface area contributed by atoms with Crippen LogP contribution in [0.5, 0.6) is 11.5 Å². The molecule has 30 heavy (non-hydrogen) atoms. The lowest BCUT2D eigenvalue weighted by Gasteiger charge is -2.30. The Kier molecular flexibility index (Phi) is 7.36. The molecule has 2 rings (SSSR count). The molecule has 1 amide bonds. The van der Waals surface area contributed by atoms with Crippen molar-refractivity contribution in [3.63, 3.8) is 0 Å². The van der Waals surface area contributed by atoms with Crippen molar-refractivity contribution in [2.45, 2.75) is 39.8 Å². The molecule has 0 aliphatic carbocycles. The molecule has 2 aromatic carbocycles. The van der Waals surface area contributed by atoms with Gasteiger partial charge in [-0.2, -0.15) is 0 Å². The second-order valence-electron chi connectivity index (χ2n) is 7.36. The largest absolute Gasteiger partial charge is 0.493 e. The summed E-state index contributed by atoms with van der Waals surface area (Å²) >= 11 is 0. The highest BCUT2D eigenvalue weighted by Crippen LogP contribution is 2.33. The second-order valence-corrected chi connectivity index (χ2v) is 9.22. The van der Waals surface area contributed by atoms with Crippen molar-refractivity contribution in [2.24, 2.45) is 0 Å². The maximum atomic E-state index is 13.0. The molecule has 0 aliphatic heterocycles. The van der Waals surface area contributed by atoms with Gasteiger partial charge in [0.2, 0.25) is 15.9 Å². The number of benzene rings is 2. The minimum atomic E-state index is -3.74. The fourth-order valence-corrected chi connectivity index (χ4v) is 4.66. The van der Waals surface area contributed by atoms with Gasteiger partial charge in [0.15, 0.2) is 11.5 Å². The van der Waals surface area contributed by atoms with Crippen molar-refractivity contribution in [1.29, 1.82) is 0 Å². The van der Waals surface area contributed by atoms with Crippen LogP contribution >= 0.6 is 0 Å². The number of rotatable bonds is 8. The molecule has 0 bridgehead atoms. The van der Waals surface area contributed by atoms with Crippen LogP contribution in [0.15, 0.2) is 36.4 Å². The van der Waals surface area contributed by atoms with Gasteiger partial charge in [-0.3, -0.25) is 9.10 Å². The van der Waals surface area contributed by atoms with Crippen LogP contribution in [0.4, 0.5) is 5.69 Å². The zero-order chi connectivity index (χ0) is 22.6. The topological polar surface area (TPSA) is 84.9 Å². The fraction of sp³-hybridized carbons (Fsp3) is 0.409. The van der Waals surface area contributed by atoms with Crippen molar-refractivity contribution < 1.29 is 22.7 Å². The van der Waals surface area contributed by atoms with Crippen molar-refractivity contribution in [2.75, 3.05) is 24.8 Å². The van der Waals surface area contributed by atoms with Gasteiger partial charge in [0.1, 0.15) is 6.04 Å². The van der Waals surface area contributed by atoms with E-state index in [9.17, 15) is 13.2 Å². The molecule has 8 heteroatoms. The Morgan fingerprint density at radius 1 is 1.00 bits per heavy atom. The molecule has 7 nitrogen and oxygen atoms in total. The number of amides is 1. The molecule has 0 fully saturated rings. The van der Waals surface area contributed by atoms with E-state index < -0.39 is 22.0 Å². The van der Waals surface area contributed by atoms with Crippen LogP contribution in [0.1, 0.15) is 36.6 Å². The van der Waals surface area contributed by atoms with Gasteiger partial charge in [0.25, 0.3) is 0 Å². The first-order valence-corrected chi connectivity index (χ1v) is 11.4. The van der Waals surface area contributed by atoms with Crippen LogP contribution in [0.3, 0.4) is 0 Å². The Bertz CT molecular complexity index is 1020. The molecule has 0 spiro atoms. The molecule has 2 atom stereocenters. The van der Waals surface area contributed by atoms with Gasteiger partial charge in [-0.15, -0.1) is 0 Å². The van der Waals surface area contributed by atoms with Crippen LogP contribution in [0, 0.1) is 13.8 Å². The molecule has 0 aliphatic rings. The molecular weight excluding hydrogens is 404 g/mol. The Hall–Kier alpha value is -2.74. The highest BCUT2D eigenvalue weighted by molar-refractivity contribution is 7.92. The Morgan fingerprint density at radius 3 is 2.17 bits per heavy atom. The normalized spacial score (nSPS) is 13.3.